The Balaban J connectivity index is 0.977. The molecule has 0 aliphatic carbocycles. The molecule has 1 atom stereocenters. The molecule has 3 N–H and O–H groups in total. The van der Waals surface area contributed by atoms with E-state index in [1.165, 1.54) is 0 Å². The van der Waals surface area contributed by atoms with Crippen LogP contribution in [0.25, 0.3) is 11.0 Å². The summed E-state index contributed by atoms with van der Waals surface area (Å²) < 4.78 is 20.0. The summed E-state index contributed by atoms with van der Waals surface area (Å²) in [4.78, 5) is 51.4. The Kier molecular flexibility index (Phi) is 11.7. The van der Waals surface area contributed by atoms with Crippen LogP contribution in [0.15, 0.2) is 65.7 Å². The first-order valence-corrected chi connectivity index (χ1v) is 22.1. The quantitative estimate of drug-likeness (QED) is 0.0948. The molecule has 56 heavy (non-hydrogen) atoms. The molecule has 2 aromatic carbocycles. The largest absolute Gasteiger partial charge is 0.494 e. The molecule has 2 saturated heterocycles. The van der Waals surface area contributed by atoms with Crippen molar-refractivity contribution in [2.75, 3.05) is 62.7 Å². The number of amides is 2. The van der Waals surface area contributed by atoms with Crippen molar-refractivity contribution in [3.63, 3.8) is 0 Å². The molecule has 16 heteroatoms. The lowest BCUT2D eigenvalue weighted by Crippen LogP contribution is -2.44. The van der Waals surface area contributed by atoms with E-state index in [1.54, 1.807) is 45.2 Å². The number of nitrogens with zero attached hydrogens (tertiary/aromatic N) is 7. The summed E-state index contributed by atoms with van der Waals surface area (Å²) in [5.74, 6) is 0.777. The molecule has 14 nitrogen and oxygen atoms in total. The van der Waals surface area contributed by atoms with Gasteiger partial charge in [0.05, 0.1) is 39.7 Å². The van der Waals surface area contributed by atoms with E-state index in [2.05, 4.69) is 87.7 Å². The number of nitrogens with one attached hydrogen (secondary N) is 3. The zero-order valence-electron chi connectivity index (χ0n) is 32.2. The molecule has 2 aliphatic rings. The number of pyridine rings is 1. The molecule has 2 aliphatic heterocycles. The Bertz CT molecular complexity index is 2310. The van der Waals surface area contributed by atoms with Gasteiger partial charge in [-0.25, -0.2) is 4.98 Å². The predicted molar refractivity (Wildman–Crippen MR) is 224 cm³/mol. The summed E-state index contributed by atoms with van der Waals surface area (Å²) in [5, 5.41) is 9.75. The Morgan fingerprint density at radius 2 is 1.77 bits per heavy atom. The third-order valence-corrected chi connectivity index (χ3v) is 12.7. The average molecular weight is 842 g/mol. The first-order chi connectivity index (χ1) is 26.9. The highest BCUT2D eigenvalue weighted by atomic mass is 79.9. The van der Waals surface area contributed by atoms with Crippen molar-refractivity contribution in [1.82, 2.24) is 35.1 Å². The number of benzene rings is 2. The van der Waals surface area contributed by atoms with E-state index in [1.807, 2.05) is 24.3 Å². The number of carbonyl (C=O) groups excluding carboxylic acids is 2. The number of piperidine rings is 2. The van der Waals surface area contributed by atoms with Gasteiger partial charge >= 0.3 is 0 Å². The van der Waals surface area contributed by atoms with Gasteiger partial charge in [-0.05, 0) is 97.9 Å². The minimum Gasteiger partial charge on any atom is -0.494 e. The minimum absolute atomic E-state index is 0.209. The van der Waals surface area contributed by atoms with Crippen molar-refractivity contribution in [3.8, 4) is 5.75 Å². The molecule has 0 spiro atoms. The minimum atomic E-state index is -2.77. The number of likely N-dealkylation sites (N-methyl/N-ethyl adjacent to an activating group) is 1. The maximum atomic E-state index is 13.5. The van der Waals surface area contributed by atoms with Gasteiger partial charge in [-0.15, -0.1) is 0 Å². The van der Waals surface area contributed by atoms with Crippen LogP contribution in [0.5, 0.6) is 5.75 Å². The van der Waals surface area contributed by atoms with Gasteiger partial charge in [0, 0.05) is 80.8 Å². The number of halogens is 1. The van der Waals surface area contributed by atoms with Crippen molar-refractivity contribution in [3.05, 3.63) is 82.5 Å². The zero-order valence-corrected chi connectivity index (χ0v) is 34.7. The molecule has 3 aromatic heterocycles. The van der Waals surface area contributed by atoms with E-state index in [0.717, 1.165) is 67.1 Å². The first-order valence-electron chi connectivity index (χ1n) is 18.7. The van der Waals surface area contributed by atoms with Gasteiger partial charge < -0.3 is 29.7 Å². The maximum Gasteiger partial charge on any atom is 0.234 e. The SMILES string of the molecule is COc1cc(N2CCC(N(C)CCc3ccc(C4CCC(=O)NC4=O)cn3)CC2)c(C)cc1Nc1ncc(Br)c(Nc2ccc3nccnc3c2P(C)(C)=O)n1. The highest BCUT2D eigenvalue weighted by Crippen LogP contribution is 2.42. The number of ether oxygens (including phenoxy) is 1. The third-order valence-electron chi connectivity index (χ3n) is 10.6. The molecule has 0 radical (unpaired) electrons. The zero-order chi connectivity index (χ0) is 39.6. The summed E-state index contributed by atoms with van der Waals surface area (Å²) in [6, 6.07) is 12.3. The number of methoxy groups -OCH3 is 1. The van der Waals surface area contributed by atoms with Crippen LogP contribution in [0.3, 0.4) is 0 Å². The Hall–Kier alpha value is -4.98. The molecule has 1 unspecified atom stereocenters. The van der Waals surface area contributed by atoms with Crippen LogP contribution in [0, 0.1) is 6.92 Å². The number of aryl methyl sites for hydroxylation is 1. The van der Waals surface area contributed by atoms with E-state index < -0.39 is 7.14 Å². The summed E-state index contributed by atoms with van der Waals surface area (Å²) >= 11 is 3.57. The lowest BCUT2D eigenvalue weighted by molar-refractivity contribution is -0.134. The summed E-state index contributed by atoms with van der Waals surface area (Å²) in [6.07, 6.45) is 10.4. The molecule has 2 fully saturated rings. The van der Waals surface area contributed by atoms with Crippen LogP contribution in [0.4, 0.5) is 28.8 Å². The number of anilines is 5. The summed E-state index contributed by atoms with van der Waals surface area (Å²) in [6.45, 7) is 8.26. The van der Waals surface area contributed by atoms with Gasteiger partial charge in [0.1, 0.15) is 24.2 Å². The van der Waals surface area contributed by atoms with Crippen molar-refractivity contribution in [1.29, 1.82) is 0 Å². The third kappa shape index (κ3) is 8.69. The van der Waals surface area contributed by atoms with Crippen LogP contribution in [-0.2, 0) is 20.6 Å². The fourth-order valence-electron chi connectivity index (χ4n) is 7.54. The Morgan fingerprint density at radius 1 is 0.982 bits per heavy atom. The van der Waals surface area contributed by atoms with E-state index in [4.69, 9.17) is 9.72 Å². The predicted octanol–water partition coefficient (Wildman–Crippen LogP) is 6.29. The number of aromatic nitrogens is 5. The second-order valence-electron chi connectivity index (χ2n) is 14.8. The fourth-order valence-corrected chi connectivity index (χ4v) is 9.22. The van der Waals surface area contributed by atoms with Gasteiger partial charge in [0.2, 0.25) is 17.8 Å². The number of carbonyl (C=O) groups is 2. The maximum absolute atomic E-state index is 13.5. The van der Waals surface area contributed by atoms with Gasteiger partial charge in [-0.2, -0.15) is 4.98 Å². The topological polar surface area (TPSA) is 167 Å². The van der Waals surface area contributed by atoms with Crippen LogP contribution in [0.2, 0.25) is 0 Å². The van der Waals surface area contributed by atoms with Gasteiger partial charge in [0.15, 0.2) is 0 Å². The second-order valence-corrected chi connectivity index (χ2v) is 18.8. The summed E-state index contributed by atoms with van der Waals surface area (Å²) in [5.41, 5.74) is 6.72. The standard InChI is InChI=1S/C40H46BrN10O4P/c1-24-20-32(47-40-45-23-29(41)38(49-40)46-31-10-9-30-36(43-16-15-42-30)37(31)56(4,5)54)34(55-3)21-33(24)51-18-13-27(14-19-51)50(2)17-12-26-7-6-25(22-44-26)28-8-11-35(52)48-39(28)53/h6-7,9-10,15-16,20-23,27-28H,8,11-14,17-19H2,1-5H3,(H,48,52,53)(H2,45,46,47,49). The van der Waals surface area contributed by atoms with E-state index in [9.17, 15) is 14.2 Å². The Labute approximate surface area is 334 Å². The molecule has 0 saturated carbocycles. The molecule has 5 aromatic rings. The van der Waals surface area contributed by atoms with Crippen LogP contribution in [-0.4, -0.2) is 94.8 Å². The fraction of sp³-hybridized carbons (Fsp3) is 0.375. The Morgan fingerprint density at radius 3 is 2.48 bits per heavy atom. The number of fused-ring (bicyclic) bond motifs is 1. The number of hydrogen-bond donors (Lipinski definition) is 3. The van der Waals surface area contributed by atoms with Crippen molar-refractivity contribution < 1.29 is 18.9 Å². The molecule has 2 amide bonds. The number of hydrogen-bond acceptors (Lipinski definition) is 13. The molecule has 0 bridgehead atoms. The van der Waals surface area contributed by atoms with E-state index in [0.29, 0.717) is 62.9 Å². The van der Waals surface area contributed by atoms with Gasteiger partial charge in [0.25, 0.3) is 0 Å². The average Bonchev–Trinajstić information content (AvgIpc) is 3.18. The van der Waals surface area contributed by atoms with Crippen LogP contribution >= 0.6 is 23.1 Å². The molecule has 5 heterocycles. The molecule has 7 rings (SSSR count). The molecular weight excluding hydrogens is 795 g/mol. The highest BCUT2D eigenvalue weighted by Gasteiger charge is 2.29. The number of imide groups is 1. The normalized spacial score (nSPS) is 16.6. The van der Waals surface area contributed by atoms with Crippen LogP contribution < -0.4 is 30.9 Å². The smallest absolute Gasteiger partial charge is 0.234 e. The van der Waals surface area contributed by atoms with Crippen molar-refractivity contribution in [2.45, 2.75) is 51.0 Å². The lowest BCUT2D eigenvalue weighted by Gasteiger charge is -2.38. The van der Waals surface area contributed by atoms with E-state index in [-0.39, 0.29) is 17.7 Å². The monoisotopic (exact) mass is 840 g/mol. The van der Waals surface area contributed by atoms with E-state index >= 15 is 0 Å². The highest BCUT2D eigenvalue weighted by molar-refractivity contribution is 9.10. The van der Waals surface area contributed by atoms with Crippen molar-refractivity contribution >= 4 is 80.1 Å². The first kappa shape index (κ1) is 39.3. The number of rotatable bonds is 12. The van der Waals surface area contributed by atoms with Gasteiger partial charge in [-0.1, -0.05) is 6.07 Å². The molecular formula is C40H46BrN10O4P. The summed E-state index contributed by atoms with van der Waals surface area (Å²) in [7, 11) is 1.07. The molecule has 292 valence electrons. The lowest BCUT2D eigenvalue weighted by atomic mass is 9.91. The van der Waals surface area contributed by atoms with Crippen LogP contribution in [0.1, 0.15) is 48.4 Å². The second kappa shape index (κ2) is 16.6. The van der Waals surface area contributed by atoms with Crippen molar-refractivity contribution in [2.24, 2.45) is 0 Å². The van der Waals surface area contributed by atoms with Gasteiger partial charge in [-0.3, -0.25) is 29.9 Å².